The first-order chi connectivity index (χ1) is 11.9. The lowest BCUT2D eigenvalue weighted by Crippen LogP contribution is -2.39. The Balaban J connectivity index is -0.000000605. The number of likely N-dealkylation sites (tertiary alicyclic amines) is 1. The van der Waals surface area contributed by atoms with E-state index in [1.165, 1.54) is 6.42 Å². The summed E-state index contributed by atoms with van der Waals surface area (Å²) in [6, 6.07) is 2.31. The highest BCUT2D eigenvalue weighted by atomic mass is 15.1. The summed E-state index contributed by atoms with van der Waals surface area (Å²) in [5.74, 6) is 0. The molecule has 0 bridgehead atoms. The first-order valence-electron chi connectivity index (χ1n) is 9.97. The van der Waals surface area contributed by atoms with E-state index in [4.69, 9.17) is 5.26 Å². The van der Waals surface area contributed by atoms with Gasteiger partial charge in [-0.05, 0) is 43.8 Å². The maximum Gasteiger partial charge on any atom is 0.0627 e. The lowest BCUT2D eigenvalue weighted by molar-refractivity contribution is 0.130. The topological polar surface area (TPSA) is 27.0 Å². The molecule has 0 saturated carbocycles. The molecule has 0 unspecified atom stereocenters. The Hall–Kier alpha value is -1.33. The molecule has 1 heterocycles. The van der Waals surface area contributed by atoms with Crippen molar-refractivity contribution < 1.29 is 0 Å². The van der Waals surface area contributed by atoms with E-state index in [1.807, 2.05) is 46.8 Å². The number of hydrogen-bond acceptors (Lipinski definition) is 2. The van der Waals surface area contributed by atoms with Gasteiger partial charge in [0.05, 0.1) is 6.07 Å². The molecule has 2 nitrogen and oxygen atoms in total. The second kappa shape index (κ2) is 19.0. The third-order valence-corrected chi connectivity index (χ3v) is 3.60. The third-order valence-electron chi connectivity index (χ3n) is 3.60. The van der Waals surface area contributed by atoms with Gasteiger partial charge in [0, 0.05) is 13.0 Å². The van der Waals surface area contributed by atoms with E-state index in [-0.39, 0.29) is 5.41 Å². The van der Waals surface area contributed by atoms with E-state index < -0.39 is 0 Å². The summed E-state index contributed by atoms with van der Waals surface area (Å²) < 4.78 is 0. The minimum atomic E-state index is 0.222. The molecule has 0 amide bonds. The molecule has 0 radical (unpaired) electrons. The fourth-order valence-corrected chi connectivity index (χ4v) is 2.22. The molecule has 0 aliphatic carbocycles. The van der Waals surface area contributed by atoms with Crippen molar-refractivity contribution in [3.63, 3.8) is 0 Å². The van der Waals surface area contributed by atoms with Crippen LogP contribution in [0.2, 0.25) is 0 Å². The van der Waals surface area contributed by atoms with Gasteiger partial charge in [-0.25, -0.2) is 0 Å². The van der Waals surface area contributed by atoms with Crippen LogP contribution in [0.4, 0.5) is 0 Å². The highest BCUT2D eigenvalue weighted by Crippen LogP contribution is 2.33. The molecule has 2 heteroatoms. The van der Waals surface area contributed by atoms with E-state index in [9.17, 15) is 0 Å². The predicted molar refractivity (Wildman–Crippen MR) is 116 cm³/mol. The van der Waals surface area contributed by atoms with Crippen molar-refractivity contribution in [2.45, 2.75) is 81.1 Å². The van der Waals surface area contributed by atoms with Gasteiger partial charge >= 0.3 is 0 Å². The highest BCUT2D eigenvalue weighted by Gasteiger charge is 2.29. The van der Waals surface area contributed by atoms with Crippen molar-refractivity contribution in [2.75, 3.05) is 19.6 Å². The van der Waals surface area contributed by atoms with Crippen molar-refractivity contribution in [3.8, 4) is 6.07 Å². The normalized spacial score (nSPS) is 15.3. The Bertz CT molecular complexity index is 391. The van der Waals surface area contributed by atoms with E-state index in [2.05, 4.69) is 44.9 Å². The van der Waals surface area contributed by atoms with Gasteiger partial charge in [0.15, 0.2) is 0 Å². The molecule has 1 saturated heterocycles. The van der Waals surface area contributed by atoms with Gasteiger partial charge in [-0.1, -0.05) is 85.8 Å². The van der Waals surface area contributed by atoms with Crippen LogP contribution in [-0.4, -0.2) is 24.5 Å². The lowest BCUT2D eigenvalue weighted by atomic mass is 9.78. The van der Waals surface area contributed by atoms with Gasteiger partial charge in [0.2, 0.25) is 0 Å². The van der Waals surface area contributed by atoms with Crippen LogP contribution in [0.15, 0.2) is 36.5 Å². The zero-order valence-electron chi connectivity index (χ0n) is 18.4. The summed E-state index contributed by atoms with van der Waals surface area (Å²) in [6.07, 6.45) is 8.20. The minimum Gasteiger partial charge on any atom is -0.299 e. The first-order valence-corrected chi connectivity index (χ1v) is 9.97. The number of rotatable bonds is 5. The monoisotopic (exact) mass is 348 g/mol. The maximum atomic E-state index is 8.82. The van der Waals surface area contributed by atoms with Crippen LogP contribution >= 0.6 is 0 Å². The van der Waals surface area contributed by atoms with Crippen molar-refractivity contribution >= 4 is 0 Å². The van der Waals surface area contributed by atoms with E-state index in [0.29, 0.717) is 6.42 Å². The van der Waals surface area contributed by atoms with Crippen LogP contribution in [0.3, 0.4) is 0 Å². The van der Waals surface area contributed by atoms with E-state index in [0.717, 1.165) is 43.6 Å². The molecule has 146 valence electrons. The van der Waals surface area contributed by atoms with Gasteiger partial charge in [-0.3, -0.25) is 4.90 Å². The Kier molecular flexibility index (Phi) is 21.6. The summed E-state index contributed by atoms with van der Waals surface area (Å²) in [7, 11) is 0. The van der Waals surface area contributed by atoms with Gasteiger partial charge in [-0.2, -0.15) is 5.26 Å². The molecule has 0 aromatic rings. The number of nitrogens with zero attached hydrogens (tertiary/aromatic N) is 2. The van der Waals surface area contributed by atoms with Crippen molar-refractivity contribution in [1.82, 2.24) is 4.90 Å². The van der Waals surface area contributed by atoms with E-state index in [1.54, 1.807) is 0 Å². The molecule has 0 atom stereocenters. The summed E-state index contributed by atoms with van der Waals surface area (Å²) in [6.45, 7) is 27.4. The Labute approximate surface area is 159 Å². The van der Waals surface area contributed by atoms with Gasteiger partial charge < -0.3 is 0 Å². The quantitative estimate of drug-likeness (QED) is 0.493. The van der Waals surface area contributed by atoms with Crippen LogP contribution < -0.4 is 0 Å². The van der Waals surface area contributed by atoms with Gasteiger partial charge in [0.25, 0.3) is 0 Å². The molecule has 0 aromatic carbocycles. The smallest absolute Gasteiger partial charge is 0.0627 e. The lowest BCUT2D eigenvalue weighted by Gasteiger charge is -2.38. The van der Waals surface area contributed by atoms with Crippen molar-refractivity contribution in [2.24, 2.45) is 5.41 Å². The molecule has 1 aliphatic heterocycles. The van der Waals surface area contributed by atoms with Crippen LogP contribution in [0.5, 0.6) is 0 Å². The number of nitriles is 1. The largest absolute Gasteiger partial charge is 0.299 e. The molecule has 1 fully saturated rings. The first kappa shape index (κ1) is 28.5. The van der Waals surface area contributed by atoms with Gasteiger partial charge in [0.1, 0.15) is 0 Å². The van der Waals surface area contributed by atoms with E-state index >= 15 is 0 Å². The summed E-state index contributed by atoms with van der Waals surface area (Å²) >= 11 is 0. The zero-order valence-corrected chi connectivity index (χ0v) is 18.4. The molecule has 0 spiro atoms. The second-order valence-electron chi connectivity index (χ2n) is 6.47. The minimum absolute atomic E-state index is 0.222. The maximum absolute atomic E-state index is 8.82. The molecule has 1 rings (SSSR count). The van der Waals surface area contributed by atoms with Crippen LogP contribution in [0.1, 0.15) is 81.1 Å². The number of allylic oxidation sites excluding steroid dienone is 2. The van der Waals surface area contributed by atoms with Crippen LogP contribution in [-0.2, 0) is 0 Å². The Morgan fingerprint density at radius 1 is 1.08 bits per heavy atom. The Morgan fingerprint density at radius 2 is 1.52 bits per heavy atom. The van der Waals surface area contributed by atoms with Gasteiger partial charge in [-0.15, -0.1) is 0 Å². The highest BCUT2D eigenvalue weighted by molar-refractivity contribution is 5.24. The summed E-state index contributed by atoms with van der Waals surface area (Å²) in [5, 5.41) is 8.82. The molecule has 0 N–H and O–H groups in total. The average molecular weight is 349 g/mol. The molecule has 1 aliphatic rings. The number of piperidine rings is 1. The molecular weight excluding hydrogens is 304 g/mol. The van der Waals surface area contributed by atoms with Crippen LogP contribution in [0, 0.1) is 16.7 Å². The number of hydrogen-bond donors (Lipinski definition) is 0. The predicted octanol–water partition coefficient (Wildman–Crippen LogP) is 7.16. The van der Waals surface area contributed by atoms with Crippen LogP contribution in [0.25, 0.3) is 0 Å². The average Bonchev–Trinajstić information content (AvgIpc) is 2.60. The molecular formula is C23H44N2. The fraction of sp³-hybridized carbons (Fsp3) is 0.696. The second-order valence-corrected chi connectivity index (χ2v) is 6.47. The zero-order chi connectivity index (χ0) is 20.3. The molecule has 25 heavy (non-hydrogen) atoms. The SMILES string of the molecule is C=C(C)/C=C\C(=C)CN1CCC(C)(CC#N)CC1.CC.CC.CCC. The summed E-state index contributed by atoms with van der Waals surface area (Å²) in [5.41, 5.74) is 2.40. The Morgan fingerprint density at radius 3 is 1.88 bits per heavy atom. The van der Waals surface area contributed by atoms with Crippen molar-refractivity contribution in [1.29, 1.82) is 5.26 Å². The van der Waals surface area contributed by atoms with Crippen molar-refractivity contribution in [3.05, 3.63) is 36.5 Å². The standard InChI is InChI=1S/C16H24N2.C3H8.2C2H6/c1-14(2)5-6-15(3)13-18-11-8-16(4,7-10-17)9-12-18;1-3-2;2*1-2/h5-6H,1,3,7-9,11-13H2,2,4H3;3H2,1-2H3;2*1-2H3/b6-5-;;;. The summed E-state index contributed by atoms with van der Waals surface area (Å²) in [4.78, 5) is 2.42. The third kappa shape index (κ3) is 17.3. The molecule has 0 aromatic heterocycles. The fourth-order valence-electron chi connectivity index (χ4n) is 2.22.